The molecule has 1 aliphatic rings. The van der Waals surface area contributed by atoms with Crippen molar-refractivity contribution >= 4 is 54.2 Å². The molecular weight excluding hydrogens is 885 g/mol. The summed E-state index contributed by atoms with van der Waals surface area (Å²) in [7, 11) is 0. The highest BCUT2D eigenvalue weighted by atomic mass is 32.1. The molecule has 4 amide bonds. The average molecular weight is 973 g/mol. The smallest absolute Gasteiger partial charge is 0.309 e. The number of carboxylic acids is 1. The van der Waals surface area contributed by atoms with E-state index in [1.54, 1.807) is 0 Å². The Morgan fingerprint density at radius 2 is 1.19 bits per heavy atom. The number of thiol groups is 1. The van der Waals surface area contributed by atoms with Crippen LogP contribution in [-0.2, 0) is 52.5 Å². The summed E-state index contributed by atoms with van der Waals surface area (Å²) >= 11 is 4.47. The lowest BCUT2D eigenvalue weighted by Crippen LogP contribution is -2.64. The number of hydrogen-bond donors (Lipinski definition) is 7. The van der Waals surface area contributed by atoms with Crippen LogP contribution in [0, 0.1) is 0 Å². The minimum absolute atomic E-state index is 0.189. The largest absolute Gasteiger partial charge is 0.481 e. The van der Waals surface area contributed by atoms with Gasteiger partial charge in [0.15, 0.2) is 0 Å². The van der Waals surface area contributed by atoms with Crippen molar-refractivity contribution in [2.45, 2.75) is 262 Å². The Morgan fingerprint density at radius 1 is 0.687 bits per heavy atom. The number of nitrogens with two attached hydrogens (primary N) is 1. The molecule has 388 valence electrons. The Labute approximate surface area is 406 Å². The fraction of sp³-hybridized carbons (Fsp3) is 0.857. The number of carbonyl (C=O) groups excluding carboxylic acids is 6. The second-order valence-corrected chi connectivity index (χ2v) is 18.8. The summed E-state index contributed by atoms with van der Waals surface area (Å²) < 4.78 is 23.3. The molecule has 1 aliphatic heterocycles. The normalized spacial score (nSPS) is 19.9. The number of esters is 2. The van der Waals surface area contributed by atoms with E-state index in [0.717, 1.165) is 51.4 Å². The van der Waals surface area contributed by atoms with Crippen molar-refractivity contribution in [1.82, 2.24) is 16.0 Å². The van der Waals surface area contributed by atoms with Gasteiger partial charge in [0.25, 0.3) is 0 Å². The van der Waals surface area contributed by atoms with Crippen LogP contribution >= 0.6 is 12.6 Å². The molecule has 9 atom stereocenters. The number of rotatable bonds is 40. The zero-order valence-electron chi connectivity index (χ0n) is 41.4. The maximum absolute atomic E-state index is 13.3. The number of aliphatic hydroxyl groups is 1. The topological polar surface area (TPSA) is 259 Å². The van der Waals surface area contributed by atoms with Gasteiger partial charge in [0.05, 0.1) is 12.5 Å². The molecule has 1 heterocycles. The molecule has 0 aromatic carbocycles. The van der Waals surface area contributed by atoms with E-state index < -0.39 is 103 Å². The summed E-state index contributed by atoms with van der Waals surface area (Å²) in [6, 6.07) is -3.58. The Bertz CT molecular complexity index is 1440. The fourth-order valence-electron chi connectivity index (χ4n) is 8.00. The summed E-state index contributed by atoms with van der Waals surface area (Å²) in [5, 5.41) is 27.8. The maximum atomic E-state index is 13.3. The van der Waals surface area contributed by atoms with Crippen LogP contribution in [0.25, 0.3) is 0 Å². The van der Waals surface area contributed by atoms with Gasteiger partial charge in [-0.15, -0.1) is 12.6 Å². The number of aliphatic hydroxyl groups excluding tert-OH is 1. The zero-order chi connectivity index (χ0) is 50.0. The summed E-state index contributed by atoms with van der Waals surface area (Å²) in [6.07, 6.45) is 19.4. The van der Waals surface area contributed by atoms with E-state index in [1.165, 1.54) is 111 Å². The van der Waals surface area contributed by atoms with E-state index in [2.05, 4.69) is 42.4 Å². The van der Waals surface area contributed by atoms with Crippen LogP contribution in [0.15, 0.2) is 0 Å². The number of unbranched alkanes of at least 4 members (excludes halogenated alkanes) is 20. The van der Waals surface area contributed by atoms with Crippen molar-refractivity contribution in [3.8, 4) is 0 Å². The molecule has 0 aromatic heterocycles. The highest BCUT2D eigenvalue weighted by molar-refractivity contribution is 7.80. The molecule has 1 unspecified atom stereocenters. The van der Waals surface area contributed by atoms with Gasteiger partial charge in [0, 0.05) is 19.8 Å². The van der Waals surface area contributed by atoms with Crippen molar-refractivity contribution in [3.63, 3.8) is 0 Å². The van der Waals surface area contributed by atoms with Crippen LogP contribution in [-0.4, -0.2) is 112 Å². The Kier molecular flexibility index (Phi) is 34.4. The lowest BCUT2D eigenvalue weighted by Gasteiger charge is -2.43. The zero-order valence-corrected chi connectivity index (χ0v) is 42.3. The highest BCUT2D eigenvalue weighted by Crippen LogP contribution is 2.28. The van der Waals surface area contributed by atoms with Crippen LogP contribution in [0.3, 0.4) is 0 Å². The monoisotopic (exact) mass is 973 g/mol. The highest BCUT2D eigenvalue weighted by Gasteiger charge is 2.47. The number of aliphatic carboxylic acids is 1. The molecule has 18 heteroatoms. The molecular formula is C49H88N4O13S. The van der Waals surface area contributed by atoms with Gasteiger partial charge in [-0.05, 0) is 39.5 Å². The quantitative estimate of drug-likeness (QED) is 0.0188. The third-order valence-electron chi connectivity index (χ3n) is 12.1. The first kappa shape index (κ1) is 61.5. The Balaban J connectivity index is 2.83. The number of ether oxygens (including phenoxy) is 4. The second kappa shape index (κ2) is 37.4. The molecule has 1 rings (SSSR count). The minimum atomic E-state index is -1.55. The van der Waals surface area contributed by atoms with E-state index in [-0.39, 0.29) is 25.2 Å². The Hall–Kier alpha value is -3.48. The van der Waals surface area contributed by atoms with Crippen LogP contribution in [0.1, 0.15) is 208 Å². The van der Waals surface area contributed by atoms with Crippen molar-refractivity contribution in [1.29, 1.82) is 0 Å². The van der Waals surface area contributed by atoms with Gasteiger partial charge in [-0.2, -0.15) is 0 Å². The fourth-order valence-corrected chi connectivity index (χ4v) is 8.40. The van der Waals surface area contributed by atoms with E-state index in [1.807, 2.05) is 0 Å². The summed E-state index contributed by atoms with van der Waals surface area (Å²) in [4.78, 5) is 87.1. The van der Waals surface area contributed by atoms with Crippen LogP contribution in [0.4, 0.5) is 0 Å². The van der Waals surface area contributed by atoms with Crippen molar-refractivity contribution in [3.05, 3.63) is 0 Å². The molecule has 0 bridgehead atoms. The predicted molar refractivity (Wildman–Crippen MR) is 259 cm³/mol. The maximum Gasteiger partial charge on any atom is 0.309 e. The first-order chi connectivity index (χ1) is 32.0. The van der Waals surface area contributed by atoms with Gasteiger partial charge in [-0.1, -0.05) is 142 Å². The van der Waals surface area contributed by atoms with Gasteiger partial charge in [-0.3, -0.25) is 33.6 Å². The molecule has 0 saturated carbocycles. The van der Waals surface area contributed by atoms with Crippen LogP contribution in [0.5, 0.6) is 0 Å². The second-order valence-electron chi connectivity index (χ2n) is 18.3. The third-order valence-corrected chi connectivity index (χ3v) is 12.5. The molecule has 1 saturated heterocycles. The van der Waals surface area contributed by atoms with E-state index in [0.29, 0.717) is 6.42 Å². The van der Waals surface area contributed by atoms with Gasteiger partial charge < -0.3 is 50.8 Å². The average Bonchev–Trinajstić information content (AvgIpc) is 3.27. The summed E-state index contributed by atoms with van der Waals surface area (Å²) in [5.74, 6) is -5.26. The molecule has 0 spiro atoms. The lowest BCUT2D eigenvalue weighted by atomic mass is 9.97. The van der Waals surface area contributed by atoms with E-state index >= 15 is 0 Å². The van der Waals surface area contributed by atoms with Crippen LogP contribution < -0.4 is 21.7 Å². The first-order valence-electron chi connectivity index (χ1n) is 25.4. The Morgan fingerprint density at radius 3 is 1.69 bits per heavy atom. The number of hydrogen-bond acceptors (Lipinski definition) is 13. The van der Waals surface area contributed by atoms with E-state index in [9.17, 15) is 38.7 Å². The molecule has 67 heavy (non-hydrogen) atoms. The SMILES string of the molecule is CCCCCCCCCCCCCCCC(=O)O[C@H](CCCCCCCCCCC)CC(=O)OC[C@H]1O[C@@H](S)[C@H](NC(C)=O)[C@H](OC(C)C(=O)N[C@@H](C)C(=O)N[C@H](CCC(=O)O)C(N)=O)[C@@H]1O. The number of carboxylic acid groups (broad SMARTS) is 1. The molecule has 1 fully saturated rings. The molecule has 7 N–H and O–H groups in total. The van der Waals surface area contributed by atoms with E-state index in [4.69, 9.17) is 29.8 Å². The number of amides is 4. The van der Waals surface area contributed by atoms with Gasteiger partial charge in [-0.25, -0.2) is 0 Å². The first-order valence-corrected chi connectivity index (χ1v) is 25.9. The van der Waals surface area contributed by atoms with Gasteiger partial charge in [0.1, 0.15) is 54.6 Å². The van der Waals surface area contributed by atoms with Gasteiger partial charge in [0.2, 0.25) is 23.6 Å². The number of primary amides is 1. The third kappa shape index (κ3) is 29.2. The lowest BCUT2D eigenvalue weighted by molar-refractivity contribution is -0.204. The van der Waals surface area contributed by atoms with Gasteiger partial charge >= 0.3 is 17.9 Å². The molecule has 0 aliphatic carbocycles. The predicted octanol–water partition coefficient (Wildman–Crippen LogP) is 6.87. The van der Waals surface area contributed by atoms with Crippen molar-refractivity contribution in [2.75, 3.05) is 6.61 Å². The molecule has 0 radical (unpaired) electrons. The minimum Gasteiger partial charge on any atom is -0.481 e. The van der Waals surface area contributed by atoms with Crippen molar-refractivity contribution in [2.24, 2.45) is 5.73 Å². The summed E-state index contributed by atoms with van der Waals surface area (Å²) in [5.41, 5.74) is 4.22. The number of carbonyl (C=O) groups is 7. The van der Waals surface area contributed by atoms with Crippen LogP contribution in [0.2, 0.25) is 0 Å². The molecule has 0 aromatic rings. The number of nitrogens with one attached hydrogen (secondary N) is 3. The summed E-state index contributed by atoms with van der Waals surface area (Å²) in [6.45, 7) is 7.91. The van der Waals surface area contributed by atoms with Crippen molar-refractivity contribution < 1.29 is 62.7 Å². The standard InChI is InChI=1S/C49H88N4O13S/c1-6-8-10-12-14-16-17-18-19-21-23-25-27-29-41(57)65-37(28-26-24-22-20-15-13-11-9-7-2)32-42(58)63-33-39-44(59)45(43(49(67)66-39)52-36(5)54)64-35(4)48(62)51-34(3)47(61)53-38(46(50)60)30-31-40(55)56/h34-35,37-39,43-45,49,59,67H,6-33H2,1-5H3,(H2,50,60)(H,51,62)(H,52,54)(H,53,61)(H,55,56)/t34-,35?,37+,38+,39+,43+,44+,45-,49-/m0/s1. The molecule has 17 nitrogen and oxygen atoms in total.